The second-order valence-corrected chi connectivity index (χ2v) is 9.01. The van der Waals surface area contributed by atoms with Gasteiger partial charge in [0.05, 0.1) is 17.4 Å². The minimum atomic E-state index is -3.63. The molecule has 0 spiro atoms. The van der Waals surface area contributed by atoms with Gasteiger partial charge in [-0.15, -0.1) is 0 Å². The first kappa shape index (κ1) is 19.8. The molecule has 1 saturated heterocycles. The smallest absolute Gasteiger partial charge is 0.243 e. The SMILES string of the molecule is COC[C@@H](C)NC(=O)[C@@H]1CCCN(S(=O)(=O)c2ccc3ccccc3c2)C1. The fourth-order valence-corrected chi connectivity index (χ4v) is 5.06. The first-order chi connectivity index (χ1) is 12.9. The maximum atomic E-state index is 13.1. The van der Waals surface area contributed by atoms with Crippen LogP contribution in [0, 0.1) is 5.92 Å². The quantitative estimate of drug-likeness (QED) is 0.822. The van der Waals surface area contributed by atoms with Gasteiger partial charge in [0.25, 0.3) is 0 Å². The van der Waals surface area contributed by atoms with Gasteiger partial charge in [0, 0.05) is 26.2 Å². The van der Waals surface area contributed by atoms with Crippen LogP contribution in [0.1, 0.15) is 19.8 Å². The van der Waals surface area contributed by atoms with Gasteiger partial charge in [-0.25, -0.2) is 8.42 Å². The van der Waals surface area contributed by atoms with E-state index < -0.39 is 10.0 Å². The number of ether oxygens (including phenoxy) is 1. The van der Waals surface area contributed by atoms with Crippen LogP contribution in [0.2, 0.25) is 0 Å². The lowest BCUT2D eigenvalue weighted by molar-refractivity contribution is -0.127. The number of benzene rings is 2. The zero-order valence-corrected chi connectivity index (χ0v) is 16.5. The van der Waals surface area contributed by atoms with Gasteiger partial charge >= 0.3 is 0 Å². The lowest BCUT2D eigenvalue weighted by Crippen LogP contribution is -2.47. The zero-order chi connectivity index (χ0) is 19.4. The lowest BCUT2D eigenvalue weighted by Gasteiger charge is -2.31. The fourth-order valence-electron chi connectivity index (χ4n) is 3.50. The van der Waals surface area contributed by atoms with Crippen molar-refractivity contribution in [2.45, 2.75) is 30.7 Å². The third-order valence-corrected chi connectivity index (χ3v) is 6.78. The minimum absolute atomic E-state index is 0.102. The highest BCUT2D eigenvalue weighted by Crippen LogP contribution is 2.26. The first-order valence-corrected chi connectivity index (χ1v) is 10.6. The summed E-state index contributed by atoms with van der Waals surface area (Å²) in [5.41, 5.74) is 0. The molecular weight excluding hydrogens is 364 g/mol. The van der Waals surface area contributed by atoms with Gasteiger partial charge < -0.3 is 10.1 Å². The zero-order valence-electron chi connectivity index (χ0n) is 15.7. The van der Waals surface area contributed by atoms with E-state index in [1.165, 1.54) is 4.31 Å². The molecule has 1 N–H and O–H groups in total. The molecule has 7 heteroatoms. The van der Waals surface area contributed by atoms with E-state index >= 15 is 0 Å². The van der Waals surface area contributed by atoms with Crippen LogP contribution in [0.25, 0.3) is 10.8 Å². The molecule has 27 heavy (non-hydrogen) atoms. The van der Waals surface area contributed by atoms with Crippen molar-refractivity contribution in [2.24, 2.45) is 5.92 Å². The Hall–Kier alpha value is -1.96. The van der Waals surface area contributed by atoms with Crippen LogP contribution in [0.3, 0.4) is 0 Å². The predicted molar refractivity (Wildman–Crippen MR) is 105 cm³/mol. The highest BCUT2D eigenvalue weighted by Gasteiger charge is 2.33. The van der Waals surface area contributed by atoms with Crippen LogP contribution in [-0.2, 0) is 19.6 Å². The average Bonchev–Trinajstić information content (AvgIpc) is 2.67. The van der Waals surface area contributed by atoms with Crippen molar-refractivity contribution >= 4 is 26.7 Å². The van der Waals surface area contributed by atoms with E-state index in [2.05, 4.69) is 5.32 Å². The molecule has 1 heterocycles. The molecule has 2 aromatic rings. The number of rotatable bonds is 6. The van der Waals surface area contributed by atoms with Crippen LogP contribution >= 0.6 is 0 Å². The Morgan fingerprint density at radius 2 is 2.00 bits per heavy atom. The van der Waals surface area contributed by atoms with Crippen molar-refractivity contribution in [3.8, 4) is 0 Å². The number of hydrogen-bond acceptors (Lipinski definition) is 4. The van der Waals surface area contributed by atoms with E-state index in [0.717, 1.165) is 10.8 Å². The first-order valence-electron chi connectivity index (χ1n) is 9.20. The van der Waals surface area contributed by atoms with Crippen molar-refractivity contribution in [3.63, 3.8) is 0 Å². The normalized spacial score (nSPS) is 19.7. The summed E-state index contributed by atoms with van der Waals surface area (Å²) >= 11 is 0. The van der Waals surface area contributed by atoms with Crippen molar-refractivity contribution in [1.29, 1.82) is 0 Å². The number of sulfonamides is 1. The van der Waals surface area contributed by atoms with Crippen LogP contribution < -0.4 is 5.32 Å². The summed E-state index contributed by atoms with van der Waals surface area (Å²) in [7, 11) is -2.05. The van der Waals surface area contributed by atoms with Crippen LogP contribution in [0.15, 0.2) is 47.4 Å². The molecule has 0 aliphatic carbocycles. The molecule has 0 radical (unpaired) electrons. The fraction of sp³-hybridized carbons (Fsp3) is 0.450. The largest absolute Gasteiger partial charge is 0.383 e. The molecule has 1 amide bonds. The Bertz CT molecular complexity index is 913. The average molecular weight is 391 g/mol. The maximum Gasteiger partial charge on any atom is 0.243 e. The number of amides is 1. The van der Waals surface area contributed by atoms with Gasteiger partial charge in [-0.05, 0) is 42.7 Å². The van der Waals surface area contributed by atoms with E-state index in [1.54, 1.807) is 19.2 Å². The predicted octanol–water partition coefficient (Wildman–Crippen LogP) is 2.39. The van der Waals surface area contributed by atoms with E-state index in [-0.39, 0.29) is 29.3 Å². The number of methoxy groups -OCH3 is 1. The molecular formula is C20H26N2O4S. The number of carbonyl (C=O) groups is 1. The van der Waals surface area contributed by atoms with E-state index in [4.69, 9.17) is 4.74 Å². The van der Waals surface area contributed by atoms with Gasteiger partial charge in [-0.3, -0.25) is 4.79 Å². The molecule has 6 nitrogen and oxygen atoms in total. The molecule has 3 rings (SSSR count). The monoisotopic (exact) mass is 390 g/mol. The molecule has 2 aromatic carbocycles. The summed E-state index contributed by atoms with van der Waals surface area (Å²) in [6, 6.07) is 12.7. The number of piperidine rings is 1. The van der Waals surface area contributed by atoms with Gasteiger partial charge in [0.1, 0.15) is 0 Å². The standard InChI is InChI=1S/C20H26N2O4S/c1-15(14-26-2)21-20(23)18-8-5-11-22(13-18)27(24,25)19-10-9-16-6-3-4-7-17(16)12-19/h3-4,6-7,9-10,12,15,18H,5,8,11,13-14H2,1-2H3,(H,21,23)/t15-,18-/m1/s1. The molecule has 0 aromatic heterocycles. The van der Waals surface area contributed by atoms with E-state index in [1.807, 2.05) is 37.3 Å². The molecule has 0 saturated carbocycles. The van der Waals surface area contributed by atoms with Crippen LogP contribution in [0.4, 0.5) is 0 Å². The van der Waals surface area contributed by atoms with Crippen molar-refractivity contribution in [2.75, 3.05) is 26.8 Å². The summed E-state index contributed by atoms with van der Waals surface area (Å²) in [6.07, 6.45) is 1.36. The number of nitrogens with one attached hydrogen (secondary N) is 1. The lowest BCUT2D eigenvalue weighted by atomic mass is 9.98. The Balaban J connectivity index is 1.76. The second-order valence-electron chi connectivity index (χ2n) is 7.08. The molecule has 1 aliphatic heterocycles. The van der Waals surface area contributed by atoms with Crippen molar-refractivity contribution < 1.29 is 17.9 Å². The Morgan fingerprint density at radius 3 is 2.74 bits per heavy atom. The molecule has 0 bridgehead atoms. The second kappa shape index (κ2) is 8.37. The number of nitrogens with zero attached hydrogens (tertiary/aromatic N) is 1. The summed E-state index contributed by atoms with van der Waals surface area (Å²) in [6.45, 7) is 2.94. The molecule has 0 unspecified atom stereocenters. The minimum Gasteiger partial charge on any atom is -0.383 e. The molecule has 1 fully saturated rings. The maximum absolute atomic E-state index is 13.1. The molecule has 146 valence electrons. The Morgan fingerprint density at radius 1 is 1.26 bits per heavy atom. The van der Waals surface area contributed by atoms with Gasteiger partial charge in [-0.1, -0.05) is 30.3 Å². The van der Waals surface area contributed by atoms with E-state index in [9.17, 15) is 13.2 Å². The highest BCUT2D eigenvalue weighted by atomic mass is 32.2. The third-order valence-electron chi connectivity index (χ3n) is 4.92. The third kappa shape index (κ3) is 4.48. The summed E-state index contributed by atoms with van der Waals surface area (Å²) in [5.74, 6) is -0.453. The number of hydrogen-bond donors (Lipinski definition) is 1. The number of carbonyl (C=O) groups excluding carboxylic acids is 1. The topological polar surface area (TPSA) is 75.7 Å². The van der Waals surface area contributed by atoms with Gasteiger partial charge in [0.2, 0.25) is 15.9 Å². The van der Waals surface area contributed by atoms with Gasteiger partial charge in [0.15, 0.2) is 0 Å². The Kier molecular flexibility index (Phi) is 6.14. The van der Waals surface area contributed by atoms with E-state index in [0.29, 0.717) is 26.0 Å². The molecule has 1 aliphatic rings. The number of fused-ring (bicyclic) bond motifs is 1. The molecule has 2 atom stereocenters. The summed E-state index contributed by atoms with van der Waals surface area (Å²) < 4.78 is 32.7. The summed E-state index contributed by atoms with van der Waals surface area (Å²) in [4.78, 5) is 12.8. The Labute approximate surface area is 160 Å². The van der Waals surface area contributed by atoms with Crippen LogP contribution in [-0.4, -0.2) is 51.5 Å². The van der Waals surface area contributed by atoms with Crippen molar-refractivity contribution in [1.82, 2.24) is 9.62 Å². The van der Waals surface area contributed by atoms with Gasteiger partial charge in [-0.2, -0.15) is 4.31 Å². The highest BCUT2D eigenvalue weighted by molar-refractivity contribution is 7.89. The van der Waals surface area contributed by atoms with Crippen molar-refractivity contribution in [3.05, 3.63) is 42.5 Å². The van der Waals surface area contributed by atoms with Crippen LogP contribution in [0.5, 0.6) is 0 Å². The summed E-state index contributed by atoms with van der Waals surface area (Å²) in [5, 5.41) is 4.79.